The van der Waals surface area contributed by atoms with Gasteiger partial charge in [0.15, 0.2) is 5.75 Å². The van der Waals surface area contributed by atoms with Gasteiger partial charge in [-0.15, -0.1) is 0 Å². The Bertz CT molecular complexity index is 1150. The van der Waals surface area contributed by atoms with Crippen LogP contribution in [0.25, 0.3) is 11.0 Å². The van der Waals surface area contributed by atoms with E-state index in [1.165, 1.54) is 7.14 Å². The lowest BCUT2D eigenvalue weighted by Gasteiger charge is -2.33. The first-order valence-electron chi connectivity index (χ1n) is 13.2. The summed E-state index contributed by atoms with van der Waals surface area (Å²) in [5.41, 5.74) is 1.02. The van der Waals surface area contributed by atoms with E-state index >= 15 is 0 Å². The molecule has 3 aromatic rings. The largest absolute Gasteiger partial charge is 0.457 e. The van der Waals surface area contributed by atoms with Crippen LogP contribution in [0.5, 0.6) is 5.75 Å². The molecule has 0 N–H and O–H groups in total. The number of likely N-dealkylation sites (N-methyl/N-ethyl adjacent to an activating group) is 1. The second-order valence-electron chi connectivity index (χ2n) is 9.93. The van der Waals surface area contributed by atoms with Crippen LogP contribution in [0.15, 0.2) is 46.9 Å². The van der Waals surface area contributed by atoms with Gasteiger partial charge in [-0.1, -0.05) is 39.3 Å². The van der Waals surface area contributed by atoms with Crippen LogP contribution in [0, 0.1) is 12.6 Å². The average molecular weight is 731 g/mol. The first kappa shape index (κ1) is 30.4. The van der Waals surface area contributed by atoms with Crippen LogP contribution >= 0.6 is 45.2 Å². The number of benzene rings is 2. The van der Waals surface area contributed by atoms with Crippen molar-refractivity contribution in [1.29, 1.82) is 0 Å². The monoisotopic (exact) mass is 731 g/mol. The van der Waals surface area contributed by atoms with Gasteiger partial charge in [0.1, 0.15) is 11.3 Å². The lowest BCUT2D eigenvalue weighted by Crippen LogP contribution is -2.44. The zero-order valence-electron chi connectivity index (χ0n) is 22.6. The first-order chi connectivity index (χ1) is 17.7. The van der Waals surface area contributed by atoms with Crippen molar-refractivity contribution in [3.63, 3.8) is 0 Å². The van der Waals surface area contributed by atoms with E-state index < -0.39 is 5.41 Å². The molecule has 2 aromatic carbocycles. The second kappa shape index (κ2) is 14.3. The number of rotatable bonds is 14. The van der Waals surface area contributed by atoms with Crippen molar-refractivity contribution in [2.75, 3.05) is 26.2 Å². The number of hydrogen-bond acceptors (Lipinski definition) is 5. The number of furan rings is 1. The Balaban J connectivity index is 1.88. The summed E-state index contributed by atoms with van der Waals surface area (Å²) in [5, 5.41) is 0.837. The summed E-state index contributed by atoms with van der Waals surface area (Å²) in [7, 11) is 0. The van der Waals surface area contributed by atoms with Crippen LogP contribution in [0.1, 0.15) is 58.8 Å². The summed E-state index contributed by atoms with van der Waals surface area (Å²) in [4.78, 5) is 16.1. The molecule has 1 heterocycles. The highest BCUT2D eigenvalue weighted by Crippen LogP contribution is 2.37. The van der Waals surface area contributed by atoms with E-state index in [1.54, 1.807) is 0 Å². The number of halogens is 2. The minimum Gasteiger partial charge on any atom is -0.457 e. The van der Waals surface area contributed by atoms with Crippen LogP contribution in [-0.4, -0.2) is 43.2 Å². The Hall–Kier alpha value is -1.17. The third-order valence-electron chi connectivity index (χ3n) is 6.87. The molecule has 3 rings (SSSR count). The topological polar surface area (TPSA) is 51.9 Å². The van der Waals surface area contributed by atoms with E-state index in [4.69, 9.17) is 13.9 Å². The number of ether oxygens (including phenoxy) is 2. The molecule has 0 fully saturated rings. The van der Waals surface area contributed by atoms with Crippen molar-refractivity contribution in [3.8, 4) is 5.75 Å². The summed E-state index contributed by atoms with van der Waals surface area (Å²) in [6.45, 7) is 13.6. The number of aryl methyl sites for hydroxylation is 1. The molecule has 0 aliphatic heterocycles. The molecule has 1 aromatic heterocycles. The quantitative estimate of drug-likeness (QED) is 0.125. The molecule has 0 spiro atoms. The maximum absolute atomic E-state index is 13.8. The molecule has 37 heavy (non-hydrogen) atoms. The lowest BCUT2D eigenvalue weighted by atomic mass is 9.83. The van der Waals surface area contributed by atoms with E-state index in [0.717, 1.165) is 61.2 Å². The molecular weight excluding hydrogens is 692 g/mol. The number of carbonyl (C=O) groups is 1. The van der Waals surface area contributed by atoms with Gasteiger partial charge in [0.05, 0.1) is 23.5 Å². The van der Waals surface area contributed by atoms with Crippen LogP contribution < -0.4 is 4.74 Å². The SMILES string of the molecule is CCCCc1oc2ccccc2c1OC(=O)C(C)(C)C(Cc1cc(I)cc(I)c1)OCCN(CC)CC. The number of nitrogens with zero attached hydrogens (tertiary/aromatic N) is 1. The Morgan fingerprint density at radius 1 is 1.05 bits per heavy atom. The fourth-order valence-electron chi connectivity index (χ4n) is 4.37. The van der Waals surface area contributed by atoms with Gasteiger partial charge in [-0.2, -0.15) is 0 Å². The maximum atomic E-state index is 13.8. The predicted octanol–water partition coefficient (Wildman–Crippen LogP) is 7.89. The van der Waals surface area contributed by atoms with Gasteiger partial charge in [-0.3, -0.25) is 4.79 Å². The van der Waals surface area contributed by atoms with Crippen LogP contribution in [0.4, 0.5) is 0 Å². The molecule has 0 saturated heterocycles. The minimum absolute atomic E-state index is 0.301. The van der Waals surface area contributed by atoms with Gasteiger partial charge in [-0.25, -0.2) is 0 Å². The van der Waals surface area contributed by atoms with E-state index in [1.807, 2.05) is 38.1 Å². The smallest absolute Gasteiger partial charge is 0.319 e. The summed E-state index contributed by atoms with van der Waals surface area (Å²) in [6, 6.07) is 14.2. The highest BCUT2D eigenvalue weighted by Gasteiger charge is 2.40. The van der Waals surface area contributed by atoms with Gasteiger partial charge in [0, 0.05) is 20.1 Å². The molecule has 7 heteroatoms. The highest BCUT2D eigenvalue weighted by molar-refractivity contribution is 14.1. The van der Waals surface area contributed by atoms with E-state index in [9.17, 15) is 4.79 Å². The zero-order chi connectivity index (χ0) is 27.0. The van der Waals surface area contributed by atoms with Crippen molar-refractivity contribution in [3.05, 3.63) is 60.9 Å². The van der Waals surface area contributed by atoms with Crippen molar-refractivity contribution in [2.45, 2.75) is 66.4 Å². The van der Waals surface area contributed by atoms with Gasteiger partial charge < -0.3 is 18.8 Å². The summed E-state index contributed by atoms with van der Waals surface area (Å²) in [5.74, 6) is 0.983. The second-order valence-corrected chi connectivity index (χ2v) is 12.4. The molecule has 0 bridgehead atoms. The maximum Gasteiger partial charge on any atom is 0.319 e. The summed E-state index contributed by atoms with van der Waals surface area (Å²) >= 11 is 4.68. The zero-order valence-corrected chi connectivity index (χ0v) is 26.9. The van der Waals surface area contributed by atoms with Gasteiger partial charge in [0.25, 0.3) is 0 Å². The van der Waals surface area contributed by atoms with Gasteiger partial charge in [-0.05, 0) is 121 Å². The first-order valence-corrected chi connectivity index (χ1v) is 15.4. The fraction of sp³-hybridized carbons (Fsp3) is 0.500. The molecule has 0 aliphatic carbocycles. The van der Waals surface area contributed by atoms with Crippen molar-refractivity contribution < 1.29 is 18.7 Å². The molecule has 0 aliphatic rings. The molecule has 1 unspecified atom stereocenters. The average Bonchev–Trinajstić information content (AvgIpc) is 3.21. The summed E-state index contributed by atoms with van der Waals surface area (Å²) in [6.07, 6.45) is 3.02. The molecular formula is C30H39I2NO4. The third kappa shape index (κ3) is 8.16. The Kier molecular flexibility index (Phi) is 11.7. The summed E-state index contributed by atoms with van der Waals surface area (Å²) < 4.78 is 21.1. The Morgan fingerprint density at radius 3 is 2.38 bits per heavy atom. The molecule has 0 amide bonds. The van der Waals surface area contributed by atoms with Crippen molar-refractivity contribution in [1.82, 2.24) is 4.90 Å². The predicted molar refractivity (Wildman–Crippen MR) is 167 cm³/mol. The van der Waals surface area contributed by atoms with Crippen LogP contribution in [0.2, 0.25) is 0 Å². The van der Waals surface area contributed by atoms with E-state index in [-0.39, 0.29) is 12.1 Å². The number of esters is 1. The van der Waals surface area contributed by atoms with E-state index in [2.05, 4.69) is 89.1 Å². The molecule has 0 saturated carbocycles. The Morgan fingerprint density at radius 2 is 1.73 bits per heavy atom. The Labute approximate surface area is 248 Å². The number of carbonyl (C=O) groups excluding carboxylic acids is 1. The van der Waals surface area contributed by atoms with Crippen molar-refractivity contribution in [2.24, 2.45) is 5.41 Å². The number of hydrogen-bond donors (Lipinski definition) is 0. The normalized spacial score (nSPS) is 12.9. The van der Waals surface area contributed by atoms with Gasteiger partial charge >= 0.3 is 5.97 Å². The van der Waals surface area contributed by atoms with Crippen molar-refractivity contribution >= 4 is 62.1 Å². The third-order valence-corrected chi connectivity index (χ3v) is 8.11. The fourth-order valence-corrected chi connectivity index (χ4v) is 6.44. The highest BCUT2D eigenvalue weighted by atomic mass is 127. The van der Waals surface area contributed by atoms with Crippen LogP contribution in [0.3, 0.4) is 0 Å². The van der Waals surface area contributed by atoms with E-state index in [0.29, 0.717) is 18.8 Å². The number of unbranched alkanes of at least 4 members (excludes halogenated alkanes) is 1. The standard InChI is InChI=1S/C30H39I2NO4/c1-6-9-13-26-28(24-12-10-11-14-25(24)36-26)37-29(34)30(4,5)27(35-16-15-33(7-2)8-3)19-21-17-22(31)20-23(32)18-21/h10-12,14,17-18,20,27H,6-9,13,15-16,19H2,1-5H3. The number of para-hydroxylation sites is 1. The molecule has 5 nitrogen and oxygen atoms in total. The van der Waals surface area contributed by atoms with Crippen LogP contribution in [-0.2, 0) is 22.4 Å². The molecule has 202 valence electrons. The van der Waals surface area contributed by atoms with Gasteiger partial charge in [0.2, 0.25) is 0 Å². The minimum atomic E-state index is -0.879. The molecule has 0 radical (unpaired) electrons. The number of fused-ring (bicyclic) bond motifs is 1. The molecule has 1 atom stereocenters. The lowest BCUT2D eigenvalue weighted by molar-refractivity contribution is -0.153.